The third kappa shape index (κ3) is 2.05. The smallest absolute Gasteiger partial charge is 0.271 e. The van der Waals surface area contributed by atoms with Gasteiger partial charge in [0.25, 0.3) is 5.92 Å². The Morgan fingerprint density at radius 3 is 2.53 bits per heavy atom. The summed E-state index contributed by atoms with van der Waals surface area (Å²) >= 11 is 3.04. The van der Waals surface area contributed by atoms with Gasteiger partial charge in [0, 0.05) is 24.6 Å². The van der Waals surface area contributed by atoms with E-state index in [0.717, 1.165) is 31.1 Å². The van der Waals surface area contributed by atoms with Crippen LogP contribution >= 0.6 is 34.1 Å². The first-order valence-corrected chi connectivity index (χ1v) is 7.73. The molecular weight excluding hydrogens is 359 g/mol. The summed E-state index contributed by atoms with van der Waals surface area (Å²) in [6.07, 6.45) is 3.56. The molecule has 0 radical (unpaired) electrons. The van der Waals surface area contributed by atoms with E-state index in [0.29, 0.717) is 5.82 Å². The molecule has 1 aromatic heterocycles. The van der Waals surface area contributed by atoms with Gasteiger partial charge >= 0.3 is 0 Å². The van der Waals surface area contributed by atoms with Gasteiger partial charge in [0.1, 0.15) is 5.92 Å². The van der Waals surface area contributed by atoms with E-state index in [2.05, 4.69) is 14.3 Å². The number of aromatic nitrogens is 2. The molecule has 0 amide bonds. The number of anilines is 1. The van der Waals surface area contributed by atoms with Crippen molar-refractivity contribution in [2.75, 3.05) is 18.0 Å². The van der Waals surface area contributed by atoms with Crippen LogP contribution in [0.15, 0.2) is 0 Å². The Morgan fingerprint density at radius 1 is 1.29 bits per heavy atom. The predicted octanol–water partition coefficient (Wildman–Crippen LogP) is 3.06. The third-order valence-electron chi connectivity index (χ3n) is 3.30. The Balaban J connectivity index is 1.75. The maximum atomic E-state index is 13.2. The van der Waals surface area contributed by atoms with Crippen molar-refractivity contribution >= 4 is 39.3 Å². The van der Waals surface area contributed by atoms with Gasteiger partial charge in [-0.2, -0.15) is 4.37 Å². The van der Waals surface area contributed by atoms with Crippen LogP contribution < -0.4 is 4.90 Å². The molecule has 1 aromatic rings. The normalized spacial score (nSPS) is 31.6. The minimum absolute atomic E-state index is 0.333. The number of nitrogens with zero attached hydrogens (tertiary/aromatic N) is 3. The molecule has 3 rings (SSSR count). The number of hydrogen-bond donors (Lipinski definition) is 0. The highest BCUT2D eigenvalue weighted by Gasteiger charge is 2.69. The van der Waals surface area contributed by atoms with Crippen LogP contribution in [0.2, 0.25) is 0 Å². The topological polar surface area (TPSA) is 29.0 Å². The Morgan fingerprint density at radius 2 is 1.94 bits per heavy atom. The van der Waals surface area contributed by atoms with Gasteiger partial charge in [-0.3, -0.25) is 0 Å². The summed E-state index contributed by atoms with van der Waals surface area (Å²) in [5.41, 5.74) is 0. The molecule has 1 aliphatic carbocycles. The molecule has 0 N–H and O–H groups in total. The first-order valence-electron chi connectivity index (χ1n) is 5.71. The molecule has 1 saturated heterocycles. The van der Waals surface area contributed by atoms with Crippen molar-refractivity contribution in [2.24, 2.45) is 0 Å². The van der Waals surface area contributed by atoms with E-state index in [1.165, 1.54) is 18.0 Å². The fourth-order valence-electron chi connectivity index (χ4n) is 2.16. The highest BCUT2D eigenvalue weighted by molar-refractivity contribution is 14.1. The van der Waals surface area contributed by atoms with Crippen molar-refractivity contribution in [1.29, 1.82) is 0 Å². The average molecular weight is 371 g/mol. The minimum atomic E-state index is -2.61. The molecule has 0 bridgehead atoms. The van der Waals surface area contributed by atoms with Crippen LogP contribution in [0.1, 0.15) is 31.0 Å². The maximum Gasteiger partial charge on any atom is 0.271 e. The lowest BCUT2D eigenvalue weighted by Gasteiger charge is -2.25. The molecule has 2 fully saturated rings. The Bertz CT molecular complexity index is 419. The quantitative estimate of drug-likeness (QED) is 0.591. The Kier molecular flexibility index (Phi) is 3.00. The fraction of sp³-hybridized carbons (Fsp3) is 0.800. The lowest BCUT2D eigenvalue weighted by molar-refractivity contribution is 0.114. The van der Waals surface area contributed by atoms with Gasteiger partial charge in [-0.25, -0.2) is 13.8 Å². The van der Waals surface area contributed by atoms with E-state index >= 15 is 0 Å². The number of piperidine rings is 1. The van der Waals surface area contributed by atoms with E-state index in [9.17, 15) is 8.78 Å². The average Bonchev–Trinajstić information content (AvgIpc) is 2.72. The largest absolute Gasteiger partial charge is 0.347 e. The standard InChI is InChI=1S/C10H12F2IN3S/c11-10(12)6(7(10)13)8-14-9(17-15-8)16-4-2-1-3-5-16/h6-7H,1-5H2/t6-,7+/m0/s1. The van der Waals surface area contributed by atoms with Crippen LogP contribution in [0.4, 0.5) is 13.9 Å². The predicted molar refractivity (Wildman–Crippen MR) is 71.5 cm³/mol. The van der Waals surface area contributed by atoms with E-state index < -0.39 is 15.8 Å². The van der Waals surface area contributed by atoms with Crippen molar-refractivity contribution in [3.63, 3.8) is 0 Å². The summed E-state index contributed by atoms with van der Waals surface area (Å²) in [5, 5.41) is 0.811. The molecule has 0 spiro atoms. The summed E-state index contributed by atoms with van der Waals surface area (Å²) < 4.78 is 29.9. The number of rotatable bonds is 2. The van der Waals surface area contributed by atoms with Crippen LogP contribution in [0.5, 0.6) is 0 Å². The van der Waals surface area contributed by atoms with Crippen molar-refractivity contribution < 1.29 is 8.78 Å². The summed E-state index contributed by atoms with van der Waals surface area (Å²) in [7, 11) is 0. The van der Waals surface area contributed by atoms with Gasteiger partial charge in [0.05, 0.1) is 3.92 Å². The second-order valence-corrected chi connectivity index (χ2v) is 6.61. The van der Waals surface area contributed by atoms with Crippen molar-refractivity contribution in [3.05, 3.63) is 5.82 Å². The number of alkyl halides is 3. The molecule has 17 heavy (non-hydrogen) atoms. The third-order valence-corrected chi connectivity index (χ3v) is 5.64. The number of halogens is 3. The molecule has 7 heteroatoms. The van der Waals surface area contributed by atoms with Crippen LogP contribution in [0, 0.1) is 0 Å². The molecule has 94 valence electrons. The van der Waals surface area contributed by atoms with Crippen molar-refractivity contribution in [1.82, 2.24) is 9.36 Å². The zero-order valence-electron chi connectivity index (χ0n) is 9.07. The summed E-state index contributed by atoms with van der Waals surface area (Å²) in [6, 6.07) is 0. The zero-order chi connectivity index (χ0) is 12.0. The second kappa shape index (κ2) is 4.25. The molecule has 3 nitrogen and oxygen atoms in total. The molecule has 2 aliphatic rings. The lowest BCUT2D eigenvalue weighted by atomic mass is 10.1. The Labute approximate surface area is 116 Å². The van der Waals surface area contributed by atoms with Crippen LogP contribution in [0.25, 0.3) is 0 Å². The van der Waals surface area contributed by atoms with Crippen molar-refractivity contribution in [3.8, 4) is 0 Å². The Hall–Kier alpha value is -0.0500. The number of hydrogen-bond acceptors (Lipinski definition) is 4. The molecular formula is C10H12F2IN3S. The van der Waals surface area contributed by atoms with Gasteiger partial charge in [0.15, 0.2) is 5.82 Å². The highest BCUT2D eigenvalue weighted by atomic mass is 127. The van der Waals surface area contributed by atoms with Gasteiger partial charge < -0.3 is 4.90 Å². The molecule has 0 unspecified atom stereocenters. The van der Waals surface area contributed by atoms with Crippen molar-refractivity contribution in [2.45, 2.75) is 35.0 Å². The SMILES string of the molecule is FC1(F)[C@H](I)[C@H]1c1nsc(N2CCCCC2)n1. The van der Waals surface area contributed by atoms with Gasteiger partial charge in [-0.05, 0) is 19.3 Å². The first kappa shape index (κ1) is 12.0. The van der Waals surface area contributed by atoms with Gasteiger partial charge in [0.2, 0.25) is 5.13 Å². The van der Waals surface area contributed by atoms with Crippen LogP contribution in [-0.4, -0.2) is 32.3 Å². The minimum Gasteiger partial charge on any atom is -0.347 e. The molecule has 1 saturated carbocycles. The summed E-state index contributed by atoms with van der Waals surface area (Å²) in [5.74, 6) is -3.04. The molecule has 2 heterocycles. The van der Waals surface area contributed by atoms with Crippen LogP contribution in [0.3, 0.4) is 0 Å². The summed E-state index contributed by atoms with van der Waals surface area (Å²) in [6.45, 7) is 1.95. The molecule has 2 atom stereocenters. The van der Waals surface area contributed by atoms with E-state index in [1.807, 2.05) is 0 Å². The first-order chi connectivity index (χ1) is 8.10. The monoisotopic (exact) mass is 371 g/mol. The van der Waals surface area contributed by atoms with E-state index in [4.69, 9.17) is 0 Å². The zero-order valence-corrected chi connectivity index (χ0v) is 12.0. The summed E-state index contributed by atoms with van der Waals surface area (Å²) in [4.78, 5) is 6.45. The molecule has 0 aromatic carbocycles. The second-order valence-electron chi connectivity index (χ2n) is 4.54. The maximum absolute atomic E-state index is 13.2. The molecule has 1 aliphatic heterocycles. The van der Waals surface area contributed by atoms with Crippen LogP contribution in [-0.2, 0) is 0 Å². The fourth-order valence-corrected chi connectivity index (χ4v) is 3.90. The lowest BCUT2D eigenvalue weighted by Crippen LogP contribution is -2.29. The van der Waals surface area contributed by atoms with E-state index in [-0.39, 0.29) is 0 Å². The van der Waals surface area contributed by atoms with Gasteiger partial charge in [-0.1, -0.05) is 22.6 Å². The highest BCUT2D eigenvalue weighted by Crippen LogP contribution is 2.60. The van der Waals surface area contributed by atoms with E-state index in [1.54, 1.807) is 22.6 Å². The van der Waals surface area contributed by atoms with Gasteiger partial charge in [-0.15, -0.1) is 0 Å².